The summed E-state index contributed by atoms with van der Waals surface area (Å²) in [5, 5.41) is 5.22. The van der Waals surface area contributed by atoms with Gasteiger partial charge in [0, 0.05) is 6.54 Å². The van der Waals surface area contributed by atoms with Gasteiger partial charge in [-0.1, -0.05) is 27.7 Å². The van der Waals surface area contributed by atoms with Crippen LogP contribution in [0.4, 0.5) is 0 Å². The van der Waals surface area contributed by atoms with Crippen LogP contribution in [0.25, 0.3) is 0 Å². The molecule has 0 aromatic heterocycles. The molecule has 0 saturated heterocycles. The summed E-state index contributed by atoms with van der Waals surface area (Å²) >= 11 is 0. The Morgan fingerprint density at radius 1 is 1.12 bits per heavy atom. The molecule has 0 heterocycles. The molecular weight excluding hydrogens is 206 g/mol. The van der Waals surface area contributed by atoms with E-state index in [2.05, 4.69) is 10.6 Å². The van der Waals surface area contributed by atoms with Crippen molar-refractivity contribution in [3.05, 3.63) is 0 Å². The normalized spacial score (nSPS) is 12.7. The van der Waals surface area contributed by atoms with Crippen molar-refractivity contribution in [2.24, 2.45) is 17.6 Å². The van der Waals surface area contributed by atoms with Crippen LogP contribution in [0, 0.1) is 11.8 Å². The molecule has 5 nitrogen and oxygen atoms in total. The summed E-state index contributed by atoms with van der Waals surface area (Å²) < 4.78 is 0. The van der Waals surface area contributed by atoms with E-state index >= 15 is 0 Å². The number of nitrogens with two attached hydrogens (primary N) is 1. The highest BCUT2D eigenvalue weighted by Crippen LogP contribution is 1.97. The lowest BCUT2D eigenvalue weighted by Gasteiger charge is -2.15. The molecule has 0 aromatic rings. The molecule has 0 radical (unpaired) electrons. The summed E-state index contributed by atoms with van der Waals surface area (Å²) in [6.07, 6.45) is 0. The van der Waals surface area contributed by atoms with Gasteiger partial charge in [0.25, 0.3) is 0 Å². The number of carbonyl (C=O) groups excluding carboxylic acids is 2. The quantitative estimate of drug-likeness (QED) is 0.592. The molecule has 0 aliphatic carbocycles. The van der Waals surface area contributed by atoms with Gasteiger partial charge < -0.3 is 16.4 Å². The Labute approximate surface area is 97.2 Å². The molecule has 0 saturated carbocycles. The summed E-state index contributed by atoms with van der Waals surface area (Å²) in [5.41, 5.74) is 5.62. The maximum absolute atomic E-state index is 11.4. The van der Waals surface area contributed by atoms with E-state index in [4.69, 9.17) is 5.73 Å². The van der Waals surface area contributed by atoms with Gasteiger partial charge in [0.1, 0.15) is 0 Å². The van der Waals surface area contributed by atoms with Gasteiger partial charge in [-0.2, -0.15) is 0 Å². The fraction of sp³-hybridized carbons (Fsp3) is 0.818. The van der Waals surface area contributed by atoms with Crippen molar-refractivity contribution in [3.63, 3.8) is 0 Å². The Hall–Kier alpha value is -1.10. The molecule has 5 heteroatoms. The van der Waals surface area contributed by atoms with E-state index in [0.717, 1.165) is 0 Å². The van der Waals surface area contributed by atoms with E-state index < -0.39 is 6.04 Å². The predicted octanol–water partition coefficient (Wildman–Crippen LogP) is -0.142. The van der Waals surface area contributed by atoms with Gasteiger partial charge in [-0.25, -0.2) is 0 Å². The molecule has 2 amide bonds. The maximum atomic E-state index is 11.4. The van der Waals surface area contributed by atoms with Crippen LogP contribution in [-0.2, 0) is 9.59 Å². The summed E-state index contributed by atoms with van der Waals surface area (Å²) in [4.78, 5) is 22.7. The second kappa shape index (κ2) is 7.22. The molecule has 0 fully saturated rings. The summed E-state index contributed by atoms with van der Waals surface area (Å²) in [6, 6.07) is -0.558. The van der Waals surface area contributed by atoms with Gasteiger partial charge in [-0.05, 0) is 11.8 Å². The lowest BCUT2D eigenvalue weighted by Crippen LogP contribution is -2.47. The van der Waals surface area contributed by atoms with Crippen LogP contribution in [0.15, 0.2) is 0 Å². The monoisotopic (exact) mass is 229 g/mol. The van der Waals surface area contributed by atoms with E-state index in [9.17, 15) is 9.59 Å². The average molecular weight is 229 g/mol. The van der Waals surface area contributed by atoms with Gasteiger partial charge in [0.15, 0.2) is 0 Å². The Balaban J connectivity index is 3.79. The fourth-order valence-electron chi connectivity index (χ4n) is 0.968. The van der Waals surface area contributed by atoms with Crippen molar-refractivity contribution in [1.82, 2.24) is 10.6 Å². The standard InChI is InChI=1S/C11H23N3O2/c1-7(2)5-13-9(15)6-14-11(16)10(12)8(3)4/h7-8,10H,5-6,12H2,1-4H3,(H,13,15)(H,14,16). The molecule has 1 unspecified atom stereocenters. The van der Waals surface area contributed by atoms with Crippen LogP contribution >= 0.6 is 0 Å². The van der Waals surface area contributed by atoms with Crippen LogP contribution in [0.1, 0.15) is 27.7 Å². The average Bonchev–Trinajstić information content (AvgIpc) is 2.21. The number of hydrogen-bond donors (Lipinski definition) is 3. The minimum Gasteiger partial charge on any atom is -0.354 e. The number of rotatable bonds is 6. The maximum Gasteiger partial charge on any atom is 0.239 e. The lowest BCUT2D eigenvalue weighted by molar-refractivity contribution is -0.127. The third kappa shape index (κ3) is 6.40. The highest BCUT2D eigenvalue weighted by atomic mass is 16.2. The van der Waals surface area contributed by atoms with Crippen LogP contribution in [0.3, 0.4) is 0 Å². The van der Waals surface area contributed by atoms with Crippen LogP contribution in [0.5, 0.6) is 0 Å². The van der Waals surface area contributed by atoms with Crippen molar-refractivity contribution in [3.8, 4) is 0 Å². The Kier molecular flexibility index (Phi) is 6.72. The van der Waals surface area contributed by atoms with E-state index in [1.165, 1.54) is 0 Å². The summed E-state index contributed by atoms with van der Waals surface area (Å²) in [6.45, 7) is 8.35. The minimum atomic E-state index is -0.558. The molecule has 0 aliphatic heterocycles. The highest BCUT2D eigenvalue weighted by Gasteiger charge is 2.17. The van der Waals surface area contributed by atoms with E-state index in [1.54, 1.807) is 0 Å². The first-order chi connectivity index (χ1) is 7.34. The Bertz CT molecular complexity index is 239. The van der Waals surface area contributed by atoms with Gasteiger partial charge in [0.05, 0.1) is 12.6 Å². The van der Waals surface area contributed by atoms with Gasteiger partial charge in [-0.15, -0.1) is 0 Å². The van der Waals surface area contributed by atoms with E-state index in [-0.39, 0.29) is 24.3 Å². The third-order valence-electron chi connectivity index (χ3n) is 2.15. The molecule has 94 valence electrons. The molecule has 0 rings (SSSR count). The highest BCUT2D eigenvalue weighted by molar-refractivity contribution is 5.87. The van der Waals surface area contributed by atoms with Gasteiger partial charge in [-0.3, -0.25) is 9.59 Å². The number of nitrogens with one attached hydrogen (secondary N) is 2. The zero-order valence-electron chi connectivity index (χ0n) is 10.5. The zero-order chi connectivity index (χ0) is 12.7. The van der Waals surface area contributed by atoms with Crippen molar-refractivity contribution in [2.75, 3.05) is 13.1 Å². The zero-order valence-corrected chi connectivity index (χ0v) is 10.5. The molecule has 0 bridgehead atoms. The number of carbonyl (C=O) groups is 2. The van der Waals surface area contributed by atoms with Crippen LogP contribution in [-0.4, -0.2) is 30.9 Å². The molecule has 16 heavy (non-hydrogen) atoms. The fourth-order valence-corrected chi connectivity index (χ4v) is 0.968. The smallest absolute Gasteiger partial charge is 0.239 e. The third-order valence-corrected chi connectivity index (χ3v) is 2.15. The first-order valence-electron chi connectivity index (χ1n) is 5.64. The number of hydrogen-bond acceptors (Lipinski definition) is 3. The van der Waals surface area contributed by atoms with Crippen molar-refractivity contribution >= 4 is 11.8 Å². The SMILES string of the molecule is CC(C)CNC(=O)CNC(=O)C(N)C(C)C. The Morgan fingerprint density at radius 3 is 2.12 bits per heavy atom. The second-order valence-electron chi connectivity index (χ2n) is 4.69. The topological polar surface area (TPSA) is 84.2 Å². The lowest BCUT2D eigenvalue weighted by atomic mass is 10.1. The van der Waals surface area contributed by atoms with Crippen LogP contribution < -0.4 is 16.4 Å². The summed E-state index contributed by atoms with van der Waals surface area (Å²) in [5.74, 6) is 0.00370. The van der Waals surface area contributed by atoms with E-state index in [0.29, 0.717) is 12.5 Å². The second-order valence-corrected chi connectivity index (χ2v) is 4.69. The van der Waals surface area contributed by atoms with Crippen molar-refractivity contribution < 1.29 is 9.59 Å². The first-order valence-corrected chi connectivity index (χ1v) is 5.64. The molecule has 0 aromatic carbocycles. The molecule has 0 aliphatic rings. The molecular formula is C11H23N3O2. The molecule has 4 N–H and O–H groups in total. The molecule has 0 spiro atoms. The van der Waals surface area contributed by atoms with Crippen molar-refractivity contribution in [2.45, 2.75) is 33.7 Å². The minimum absolute atomic E-state index is 0.00796. The first kappa shape index (κ1) is 14.9. The molecule has 1 atom stereocenters. The largest absolute Gasteiger partial charge is 0.354 e. The predicted molar refractivity (Wildman–Crippen MR) is 63.7 cm³/mol. The Morgan fingerprint density at radius 2 is 1.69 bits per heavy atom. The van der Waals surface area contributed by atoms with Crippen LogP contribution in [0.2, 0.25) is 0 Å². The van der Waals surface area contributed by atoms with Crippen molar-refractivity contribution in [1.29, 1.82) is 0 Å². The number of amides is 2. The van der Waals surface area contributed by atoms with Gasteiger partial charge >= 0.3 is 0 Å². The van der Waals surface area contributed by atoms with E-state index in [1.807, 2.05) is 27.7 Å². The summed E-state index contributed by atoms with van der Waals surface area (Å²) in [7, 11) is 0. The van der Waals surface area contributed by atoms with Gasteiger partial charge in [0.2, 0.25) is 11.8 Å².